The van der Waals surface area contributed by atoms with Gasteiger partial charge in [-0.3, -0.25) is 4.90 Å². The van der Waals surface area contributed by atoms with Gasteiger partial charge in [-0.05, 0) is 38.8 Å². The largest absolute Gasteiger partial charge is 0.357 e. The van der Waals surface area contributed by atoms with Crippen LogP contribution >= 0.6 is 24.0 Å². The normalized spacial score (nSPS) is 17.8. The quantitative estimate of drug-likeness (QED) is 0.365. The molecule has 2 aromatic rings. The van der Waals surface area contributed by atoms with E-state index in [0.29, 0.717) is 12.6 Å². The van der Waals surface area contributed by atoms with Crippen LogP contribution in [0.4, 0.5) is 0 Å². The Kier molecular flexibility index (Phi) is 9.17. The van der Waals surface area contributed by atoms with Gasteiger partial charge in [-0.15, -0.1) is 34.2 Å². The van der Waals surface area contributed by atoms with Crippen molar-refractivity contribution in [1.29, 1.82) is 0 Å². The summed E-state index contributed by atoms with van der Waals surface area (Å²) < 4.78 is 1.98. The first-order valence-corrected chi connectivity index (χ1v) is 9.81. The van der Waals surface area contributed by atoms with Gasteiger partial charge in [0.25, 0.3) is 0 Å². The van der Waals surface area contributed by atoms with Gasteiger partial charge in [0, 0.05) is 32.7 Å². The van der Waals surface area contributed by atoms with Crippen LogP contribution in [0.3, 0.4) is 0 Å². The van der Waals surface area contributed by atoms with Gasteiger partial charge in [-0.25, -0.2) is 4.99 Å². The van der Waals surface area contributed by atoms with Crippen LogP contribution in [-0.4, -0.2) is 51.3 Å². The number of nitrogens with zero attached hydrogens (tertiary/aromatic N) is 5. The summed E-state index contributed by atoms with van der Waals surface area (Å²) in [4.78, 5) is 7.23. The monoisotopic (exact) mass is 497 g/mol. The average Bonchev–Trinajstić information content (AvgIpc) is 2.99. The first kappa shape index (κ1) is 22.6. The van der Waals surface area contributed by atoms with Crippen LogP contribution < -0.4 is 10.6 Å². The third kappa shape index (κ3) is 6.44. The smallest absolute Gasteiger partial charge is 0.191 e. The molecule has 0 bridgehead atoms. The summed E-state index contributed by atoms with van der Waals surface area (Å²) in [5.41, 5.74) is 1.37. The van der Waals surface area contributed by atoms with Crippen molar-refractivity contribution >= 4 is 29.9 Å². The van der Waals surface area contributed by atoms with E-state index in [2.05, 4.69) is 63.0 Å². The van der Waals surface area contributed by atoms with Crippen LogP contribution in [0.15, 0.2) is 35.3 Å². The molecule has 28 heavy (non-hydrogen) atoms. The van der Waals surface area contributed by atoms with Crippen molar-refractivity contribution in [2.45, 2.75) is 45.8 Å². The van der Waals surface area contributed by atoms with E-state index in [1.807, 2.05) is 18.5 Å². The van der Waals surface area contributed by atoms with E-state index in [4.69, 9.17) is 4.99 Å². The molecule has 0 radical (unpaired) electrons. The minimum atomic E-state index is 0. The Morgan fingerprint density at radius 2 is 2.04 bits per heavy atom. The molecule has 154 valence electrons. The second-order valence-corrected chi connectivity index (χ2v) is 7.12. The molecular formula is C20H32IN7. The lowest BCUT2D eigenvalue weighted by Crippen LogP contribution is -2.51. The van der Waals surface area contributed by atoms with Crippen molar-refractivity contribution in [3.63, 3.8) is 0 Å². The first-order chi connectivity index (χ1) is 13.2. The molecule has 1 aromatic heterocycles. The van der Waals surface area contributed by atoms with E-state index in [1.54, 1.807) is 0 Å². The Morgan fingerprint density at radius 3 is 2.71 bits per heavy atom. The van der Waals surface area contributed by atoms with Gasteiger partial charge in [-0.2, -0.15) is 0 Å². The minimum absolute atomic E-state index is 0. The number of aliphatic imine (C=N–C) groups is 1. The van der Waals surface area contributed by atoms with Gasteiger partial charge in [-0.1, -0.05) is 30.3 Å². The predicted molar refractivity (Wildman–Crippen MR) is 124 cm³/mol. The van der Waals surface area contributed by atoms with Crippen molar-refractivity contribution in [2.24, 2.45) is 12.0 Å². The molecule has 1 saturated heterocycles. The van der Waals surface area contributed by atoms with Gasteiger partial charge in [0.15, 0.2) is 11.8 Å². The van der Waals surface area contributed by atoms with Crippen molar-refractivity contribution < 1.29 is 0 Å². The van der Waals surface area contributed by atoms with Crippen LogP contribution in [-0.2, 0) is 20.1 Å². The zero-order valence-corrected chi connectivity index (χ0v) is 19.4. The summed E-state index contributed by atoms with van der Waals surface area (Å²) in [6.45, 7) is 8.59. The molecule has 2 N–H and O–H groups in total. The van der Waals surface area contributed by atoms with E-state index in [-0.39, 0.29) is 24.0 Å². The van der Waals surface area contributed by atoms with Crippen LogP contribution in [0.25, 0.3) is 0 Å². The van der Waals surface area contributed by atoms with Crippen LogP contribution in [0, 0.1) is 6.92 Å². The molecule has 1 aromatic carbocycles. The van der Waals surface area contributed by atoms with E-state index < -0.39 is 0 Å². The number of aryl methyl sites for hydroxylation is 1. The summed E-state index contributed by atoms with van der Waals surface area (Å²) in [5.74, 6) is 2.63. The SMILES string of the molecule is CCNC(=NCc1nnc(C)n1C)NC1CCCN(Cc2ccccc2)C1.I. The maximum atomic E-state index is 4.71. The average molecular weight is 497 g/mol. The number of nitrogens with one attached hydrogen (secondary N) is 2. The molecule has 0 saturated carbocycles. The highest BCUT2D eigenvalue weighted by molar-refractivity contribution is 14.0. The molecule has 1 unspecified atom stereocenters. The number of rotatable bonds is 6. The van der Waals surface area contributed by atoms with Crippen LogP contribution in [0.1, 0.15) is 37.0 Å². The Hall–Kier alpha value is -1.68. The second-order valence-electron chi connectivity index (χ2n) is 7.12. The van der Waals surface area contributed by atoms with Crippen molar-refractivity contribution in [3.05, 3.63) is 47.5 Å². The molecular weight excluding hydrogens is 465 g/mol. The topological polar surface area (TPSA) is 70.4 Å². The number of hydrogen-bond donors (Lipinski definition) is 2. The molecule has 2 heterocycles. The number of likely N-dealkylation sites (tertiary alicyclic amines) is 1. The number of benzene rings is 1. The van der Waals surface area contributed by atoms with Crippen LogP contribution in [0.5, 0.6) is 0 Å². The maximum absolute atomic E-state index is 4.71. The van der Waals surface area contributed by atoms with Crippen molar-refractivity contribution in [3.8, 4) is 0 Å². The zero-order valence-electron chi connectivity index (χ0n) is 17.1. The summed E-state index contributed by atoms with van der Waals surface area (Å²) in [6, 6.07) is 11.1. The number of hydrogen-bond acceptors (Lipinski definition) is 4. The molecule has 0 spiro atoms. The first-order valence-electron chi connectivity index (χ1n) is 9.81. The molecule has 1 fully saturated rings. The van der Waals surface area contributed by atoms with Crippen molar-refractivity contribution in [1.82, 2.24) is 30.3 Å². The third-order valence-corrected chi connectivity index (χ3v) is 5.00. The summed E-state index contributed by atoms with van der Waals surface area (Å²) >= 11 is 0. The predicted octanol–water partition coefficient (Wildman–Crippen LogP) is 2.46. The summed E-state index contributed by atoms with van der Waals surface area (Å²) in [5, 5.41) is 15.3. The second kappa shape index (κ2) is 11.4. The highest BCUT2D eigenvalue weighted by Gasteiger charge is 2.20. The summed E-state index contributed by atoms with van der Waals surface area (Å²) in [6.07, 6.45) is 2.37. The molecule has 0 aliphatic carbocycles. The van der Waals surface area contributed by atoms with Gasteiger partial charge in [0.05, 0.1) is 0 Å². The number of aromatic nitrogens is 3. The minimum Gasteiger partial charge on any atom is -0.357 e. The number of guanidine groups is 1. The number of piperidine rings is 1. The fourth-order valence-corrected chi connectivity index (χ4v) is 3.41. The molecule has 1 aliphatic heterocycles. The Bertz CT molecular complexity index is 744. The molecule has 0 amide bonds. The molecule has 7 nitrogen and oxygen atoms in total. The van der Waals surface area contributed by atoms with Gasteiger partial charge in [0.1, 0.15) is 12.4 Å². The summed E-state index contributed by atoms with van der Waals surface area (Å²) in [7, 11) is 1.98. The maximum Gasteiger partial charge on any atom is 0.191 e. The van der Waals surface area contributed by atoms with Gasteiger partial charge >= 0.3 is 0 Å². The zero-order chi connectivity index (χ0) is 19.1. The van der Waals surface area contributed by atoms with Gasteiger partial charge in [0.2, 0.25) is 0 Å². The lowest BCUT2D eigenvalue weighted by Gasteiger charge is -2.34. The van der Waals surface area contributed by atoms with Crippen molar-refractivity contribution in [2.75, 3.05) is 19.6 Å². The molecule has 8 heteroatoms. The highest BCUT2D eigenvalue weighted by atomic mass is 127. The Morgan fingerprint density at radius 1 is 1.25 bits per heavy atom. The molecule has 1 atom stereocenters. The third-order valence-electron chi connectivity index (χ3n) is 5.00. The van der Waals surface area contributed by atoms with E-state index in [0.717, 1.165) is 43.8 Å². The van der Waals surface area contributed by atoms with Crippen LogP contribution in [0.2, 0.25) is 0 Å². The lowest BCUT2D eigenvalue weighted by molar-refractivity contribution is 0.192. The lowest BCUT2D eigenvalue weighted by atomic mass is 10.0. The van der Waals surface area contributed by atoms with E-state index >= 15 is 0 Å². The molecule has 3 rings (SSSR count). The Balaban J connectivity index is 0.00000280. The standard InChI is InChI=1S/C20H31N7.HI/c1-4-21-20(22-13-19-25-24-16(2)26(19)3)23-18-11-8-12-27(15-18)14-17-9-6-5-7-10-17;/h5-7,9-10,18H,4,8,11-15H2,1-3H3,(H2,21,22,23);1H. The Labute approximate surface area is 185 Å². The van der Waals surface area contributed by atoms with E-state index in [9.17, 15) is 0 Å². The highest BCUT2D eigenvalue weighted by Crippen LogP contribution is 2.13. The van der Waals surface area contributed by atoms with Gasteiger partial charge < -0.3 is 15.2 Å². The fourth-order valence-electron chi connectivity index (χ4n) is 3.41. The number of halogens is 1. The fraction of sp³-hybridized carbons (Fsp3) is 0.550. The van der Waals surface area contributed by atoms with E-state index in [1.165, 1.54) is 18.4 Å². The molecule has 1 aliphatic rings.